The average Bonchev–Trinajstić information content (AvgIpc) is 2.33. The fourth-order valence-electron chi connectivity index (χ4n) is 1.30. The van der Waals surface area contributed by atoms with Crippen molar-refractivity contribution in [3.63, 3.8) is 0 Å². The number of aliphatic carboxylic acids is 2. The molecular formula is C9H17NO10P+. The number of amides is 1. The molecule has 122 valence electrons. The first-order chi connectivity index (χ1) is 9.54. The summed E-state index contributed by atoms with van der Waals surface area (Å²) in [6.07, 6.45) is 0.0874. The third-order valence-corrected chi connectivity index (χ3v) is 2.83. The predicted molar refractivity (Wildman–Crippen MR) is 65.6 cm³/mol. The second-order valence-electron chi connectivity index (χ2n) is 4.03. The largest absolute Gasteiger partial charge is 0.567 e. The molecule has 21 heavy (non-hydrogen) atoms. The van der Waals surface area contributed by atoms with Crippen LogP contribution in [0.25, 0.3) is 0 Å². The molecule has 0 aromatic heterocycles. The Morgan fingerprint density at radius 2 is 1.57 bits per heavy atom. The summed E-state index contributed by atoms with van der Waals surface area (Å²) >= 11 is 0. The molecule has 0 aliphatic carbocycles. The van der Waals surface area contributed by atoms with Gasteiger partial charge in [0.05, 0.1) is 0 Å². The van der Waals surface area contributed by atoms with Crippen LogP contribution >= 0.6 is 8.17 Å². The van der Waals surface area contributed by atoms with Crippen molar-refractivity contribution in [2.75, 3.05) is 13.2 Å². The smallest absolute Gasteiger partial charge is 0.481 e. The molecule has 12 heteroatoms. The number of carboxylic acids is 2. The number of unbranched alkanes of at least 4 members (excludes halogenated alkanes) is 1. The van der Waals surface area contributed by atoms with Crippen LogP contribution in [0.15, 0.2) is 0 Å². The average molecular weight is 330 g/mol. The second kappa shape index (κ2) is 8.82. The van der Waals surface area contributed by atoms with E-state index >= 15 is 0 Å². The number of hydroxylamine groups is 2. The van der Waals surface area contributed by atoms with E-state index in [1.54, 1.807) is 0 Å². The third-order valence-electron chi connectivity index (χ3n) is 2.36. The summed E-state index contributed by atoms with van der Waals surface area (Å²) in [5.74, 6) is -5.55. The van der Waals surface area contributed by atoms with Gasteiger partial charge in [-0.25, -0.2) is 5.06 Å². The van der Waals surface area contributed by atoms with Gasteiger partial charge in [-0.15, -0.1) is 4.52 Å². The van der Waals surface area contributed by atoms with Crippen molar-refractivity contribution in [1.29, 1.82) is 0 Å². The van der Waals surface area contributed by atoms with Crippen LogP contribution in [0.1, 0.15) is 19.3 Å². The van der Waals surface area contributed by atoms with E-state index in [2.05, 4.69) is 4.52 Å². The van der Waals surface area contributed by atoms with Gasteiger partial charge in [0.15, 0.2) is 12.5 Å². The van der Waals surface area contributed by atoms with Gasteiger partial charge in [0, 0.05) is 6.54 Å². The minimum Gasteiger partial charge on any atom is -0.481 e. The van der Waals surface area contributed by atoms with Gasteiger partial charge < -0.3 is 10.2 Å². The van der Waals surface area contributed by atoms with Crippen LogP contribution in [0.2, 0.25) is 0 Å². The van der Waals surface area contributed by atoms with E-state index in [4.69, 9.17) is 24.9 Å². The molecular weight excluding hydrogens is 313 g/mol. The highest BCUT2D eigenvalue weighted by Crippen LogP contribution is 2.45. The fourth-order valence-corrected chi connectivity index (χ4v) is 1.59. The molecule has 0 saturated heterocycles. The minimum atomic E-state index is -4.57. The number of rotatable bonds is 10. The van der Waals surface area contributed by atoms with Crippen LogP contribution in [-0.2, 0) is 18.9 Å². The quantitative estimate of drug-likeness (QED) is 0.0937. The summed E-state index contributed by atoms with van der Waals surface area (Å²) in [7, 11) is -4.57. The highest BCUT2D eigenvalue weighted by Gasteiger charge is 2.34. The van der Waals surface area contributed by atoms with Crippen LogP contribution in [0, 0.1) is 5.92 Å². The lowest BCUT2D eigenvalue weighted by atomic mass is 10.0. The van der Waals surface area contributed by atoms with Crippen LogP contribution < -0.4 is 0 Å². The van der Waals surface area contributed by atoms with E-state index in [0.29, 0.717) is 0 Å². The van der Waals surface area contributed by atoms with Crippen molar-refractivity contribution in [2.24, 2.45) is 5.92 Å². The lowest BCUT2D eigenvalue weighted by Gasteiger charge is -2.14. The molecule has 11 nitrogen and oxygen atoms in total. The van der Waals surface area contributed by atoms with E-state index in [1.165, 1.54) is 0 Å². The van der Waals surface area contributed by atoms with Gasteiger partial charge in [0.2, 0.25) is 0 Å². The van der Waals surface area contributed by atoms with Gasteiger partial charge in [-0.1, -0.05) is 6.42 Å². The molecule has 0 saturated carbocycles. The van der Waals surface area contributed by atoms with Gasteiger partial charge in [0.1, 0.15) is 0 Å². The Bertz CT molecular complexity index is 367. The summed E-state index contributed by atoms with van der Waals surface area (Å²) in [4.78, 5) is 57.7. The third kappa shape index (κ3) is 9.24. The Morgan fingerprint density at radius 1 is 1.05 bits per heavy atom. The summed E-state index contributed by atoms with van der Waals surface area (Å²) in [6.45, 7) is -1.19. The summed E-state index contributed by atoms with van der Waals surface area (Å²) in [5, 5.41) is 26.6. The normalized spacial score (nSPS) is 11.5. The molecule has 0 bridgehead atoms. The first-order valence-corrected chi connectivity index (χ1v) is 7.27. The monoisotopic (exact) mass is 330 g/mol. The first-order valence-electron chi connectivity index (χ1n) is 5.71. The van der Waals surface area contributed by atoms with Crippen molar-refractivity contribution in [2.45, 2.75) is 19.3 Å². The Balaban J connectivity index is 3.98. The molecule has 0 heterocycles. The highest BCUT2D eigenvalue weighted by molar-refractivity contribution is 7.53. The fraction of sp³-hybridized carbons (Fsp3) is 0.667. The van der Waals surface area contributed by atoms with E-state index in [0.717, 1.165) is 0 Å². The standard InChI is InChI=1S/C9H16NO10P/c11-7(5-20-21(17,18)19)10(16)4-2-1-3-6(8(12)13)9(14)15/h6,16-19H,1-5H2,(H-,12,13,14,15)/p+1. The summed E-state index contributed by atoms with van der Waals surface area (Å²) < 4.78 is 3.99. The number of hydrogen-bond donors (Lipinski definition) is 6. The van der Waals surface area contributed by atoms with E-state index in [9.17, 15) is 19.6 Å². The molecule has 0 aromatic carbocycles. The number of hydrogen-bond acceptors (Lipinski definition) is 8. The van der Waals surface area contributed by atoms with Crippen molar-refractivity contribution in [3.05, 3.63) is 0 Å². The van der Waals surface area contributed by atoms with Crippen molar-refractivity contribution >= 4 is 26.0 Å². The zero-order valence-corrected chi connectivity index (χ0v) is 11.7. The lowest BCUT2D eigenvalue weighted by molar-refractivity contribution is -0.168. The van der Waals surface area contributed by atoms with Gasteiger partial charge in [-0.2, -0.15) is 14.7 Å². The van der Waals surface area contributed by atoms with Crippen molar-refractivity contribution in [3.8, 4) is 0 Å². The molecule has 0 spiro atoms. The lowest BCUT2D eigenvalue weighted by Crippen LogP contribution is -2.32. The molecule has 0 radical (unpaired) electrons. The number of carbonyl (C=O) groups is 3. The van der Waals surface area contributed by atoms with E-state index in [-0.39, 0.29) is 30.9 Å². The first kappa shape index (κ1) is 19.6. The van der Waals surface area contributed by atoms with E-state index in [1.807, 2.05) is 0 Å². The maximum Gasteiger partial charge on any atom is 0.567 e. The van der Waals surface area contributed by atoms with E-state index < -0.39 is 38.5 Å². The van der Waals surface area contributed by atoms with Gasteiger partial charge in [-0.3, -0.25) is 19.6 Å². The molecule has 0 unspecified atom stereocenters. The molecule has 6 N–H and O–H groups in total. The maximum absolute atomic E-state index is 11.2. The molecule has 0 aliphatic rings. The molecule has 0 atom stereocenters. The zero-order chi connectivity index (χ0) is 16.6. The van der Waals surface area contributed by atoms with Crippen LogP contribution in [0.4, 0.5) is 0 Å². The molecule has 0 rings (SSSR count). The summed E-state index contributed by atoms with van der Waals surface area (Å²) in [6, 6.07) is 0. The number of carboxylic acid groups (broad SMARTS) is 2. The zero-order valence-electron chi connectivity index (χ0n) is 10.8. The molecule has 1 amide bonds. The molecule has 0 aromatic rings. The topological polar surface area (TPSA) is 185 Å². The molecule has 0 aliphatic heterocycles. The highest BCUT2D eigenvalue weighted by atomic mass is 31.2. The molecule has 0 fully saturated rings. The number of nitrogens with zero attached hydrogens (tertiary/aromatic N) is 1. The van der Waals surface area contributed by atoms with Crippen LogP contribution in [0.5, 0.6) is 0 Å². The van der Waals surface area contributed by atoms with Crippen molar-refractivity contribution in [1.82, 2.24) is 5.06 Å². The van der Waals surface area contributed by atoms with Gasteiger partial charge >= 0.3 is 20.1 Å². The Morgan fingerprint density at radius 3 is 2.00 bits per heavy atom. The van der Waals surface area contributed by atoms with Crippen molar-refractivity contribution < 1.29 is 49.0 Å². The number of carbonyl (C=O) groups excluding carboxylic acids is 1. The van der Waals surface area contributed by atoms with Crippen LogP contribution in [0.3, 0.4) is 0 Å². The minimum absolute atomic E-state index is 0.122. The SMILES string of the molecule is O=C(O)C(CCCCN(O)C(=O)CO[P+](O)(O)O)C(=O)O. The predicted octanol–water partition coefficient (Wildman–Crippen LogP) is -1.17. The summed E-state index contributed by atoms with van der Waals surface area (Å²) in [5.41, 5.74) is 0. The Labute approximate surface area is 119 Å². The van der Waals surface area contributed by atoms with Gasteiger partial charge in [-0.05, 0) is 12.8 Å². The Hall–Kier alpha value is -1.36. The Kier molecular flexibility index (Phi) is 8.25. The van der Waals surface area contributed by atoms with Crippen LogP contribution in [-0.4, -0.2) is 66.2 Å². The maximum atomic E-state index is 11.2. The van der Waals surface area contributed by atoms with Gasteiger partial charge in [0.25, 0.3) is 5.91 Å². The second-order valence-corrected chi connectivity index (χ2v) is 5.31.